The number of nitrogens with zero attached hydrogens (tertiary/aromatic N) is 3. The van der Waals surface area contributed by atoms with E-state index in [-0.39, 0.29) is 32.2 Å². The number of ether oxygens (including phenoxy) is 1. The van der Waals surface area contributed by atoms with Crippen LogP contribution >= 0.6 is 0 Å². The van der Waals surface area contributed by atoms with Gasteiger partial charge in [0.15, 0.2) is 0 Å². The smallest absolute Gasteiger partial charge is 0.217 e. The summed E-state index contributed by atoms with van der Waals surface area (Å²) >= 11 is 0. The molecule has 0 saturated heterocycles. The van der Waals surface area contributed by atoms with E-state index in [9.17, 15) is 5.11 Å². The van der Waals surface area contributed by atoms with Gasteiger partial charge in [-0.25, -0.2) is 9.97 Å². The van der Waals surface area contributed by atoms with Crippen LogP contribution in [0.2, 0.25) is 0 Å². The third kappa shape index (κ3) is 4.46. The maximum Gasteiger partial charge on any atom is 0.217 e. The van der Waals surface area contributed by atoms with Gasteiger partial charge >= 0.3 is 0 Å². The molecule has 0 aliphatic heterocycles. The molecule has 0 saturated carbocycles. The van der Waals surface area contributed by atoms with Crippen molar-refractivity contribution in [3.63, 3.8) is 0 Å². The van der Waals surface area contributed by atoms with Crippen LogP contribution in [0, 0.1) is 19.9 Å². The Morgan fingerprint density at radius 1 is 0.895 bits per heavy atom. The van der Waals surface area contributed by atoms with Crippen molar-refractivity contribution in [2.24, 2.45) is 0 Å². The van der Waals surface area contributed by atoms with Crippen LogP contribution in [0.15, 0.2) is 72.9 Å². The van der Waals surface area contributed by atoms with Gasteiger partial charge in [-0.1, -0.05) is 44.5 Å². The molecule has 3 aromatic heterocycles. The number of phenolic OH excluding ortho intramolecular Hbond substituents is 1. The number of fused-ring (bicyclic) bond motifs is 4. The van der Waals surface area contributed by atoms with Crippen LogP contribution in [0.25, 0.3) is 38.5 Å². The monoisotopic (exact) mass is 681 g/mol. The Hall–Kier alpha value is -3.69. The van der Waals surface area contributed by atoms with Gasteiger partial charge in [-0.3, -0.25) is 0 Å². The largest absolute Gasteiger partial charge is 0.506 e. The minimum atomic E-state index is 0. The average molecular weight is 682 g/mol. The summed E-state index contributed by atoms with van der Waals surface area (Å²) in [4.78, 5) is 9.23. The number of pyridine rings is 2. The van der Waals surface area contributed by atoms with Crippen molar-refractivity contribution < 1.29 is 30.9 Å². The van der Waals surface area contributed by atoms with Crippen molar-refractivity contribution in [3.05, 3.63) is 95.7 Å². The Bertz CT molecular complexity index is 1820. The Balaban J connectivity index is 0.00000294. The second-order valence-corrected chi connectivity index (χ2v) is 10.6. The molecule has 0 aliphatic carbocycles. The molecule has 0 radical (unpaired) electrons. The van der Waals surface area contributed by atoms with Gasteiger partial charge in [0.2, 0.25) is 5.88 Å². The summed E-state index contributed by atoms with van der Waals surface area (Å²) < 4.78 is 8.34. The van der Waals surface area contributed by atoms with Crippen molar-refractivity contribution in [3.8, 4) is 23.2 Å². The minimum absolute atomic E-state index is 0. The van der Waals surface area contributed by atoms with E-state index in [1.807, 2.05) is 50.2 Å². The molecular formula is C32H28N3O2Pt-. The number of phenols is 1. The maximum atomic E-state index is 10.5. The number of aromatic hydroxyl groups is 1. The molecule has 0 unspecified atom stereocenters. The maximum absolute atomic E-state index is 10.5. The zero-order valence-corrected chi connectivity index (χ0v) is 24.2. The molecule has 0 fully saturated rings. The summed E-state index contributed by atoms with van der Waals surface area (Å²) in [5, 5.41) is 13.6. The first-order valence-electron chi connectivity index (χ1n) is 12.4. The molecule has 0 atom stereocenters. The second-order valence-electron chi connectivity index (χ2n) is 10.6. The van der Waals surface area contributed by atoms with Gasteiger partial charge in [0.05, 0.1) is 0 Å². The van der Waals surface area contributed by atoms with Gasteiger partial charge in [0.25, 0.3) is 0 Å². The van der Waals surface area contributed by atoms with Crippen LogP contribution in [-0.4, -0.2) is 19.6 Å². The number of aromatic nitrogens is 3. The van der Waals surface area contributed by atoms with E-state index >= 15 is 0 Å². The third-order valence-corrected chi connectivity index (χ3v) is 6.83. The molecule has 0 bridgehead atoms. The van der Waals surface area contributed by atoms with Gasteiger partial charge in [-0.15, -0.1) is 17.5 Å². The fourth-order valence-corrected chi connectivity index (χ4v) is 4.92. The van der Waals surface area contributed by atoms with E-state index in [1.165, 1.54) is 5.56 Å². The summed E-state index contributed by atoms with van der Waals surface area (Å²) in [6.07, 6.45) is 1.80. The molecular weight excluding hydrogens is 653 g/mol. The van der Waals surface area contributed by atoms with Gasteiger partial charge in [0.1, 0.15) is 17.1 Å². The predicted molar refractivity (Wildman–Crippen MR) is 149 cm³/mol. The molecule has 1 N–H and O–H groups in total. The van der Waals surface area contributed by atoms with Crippen molar-refractivity contribution >= 4 is 32.7 Å². The third-order valence-electron chi connectivity index (χ3n) is 6.83. The van der Waals surface area contributed by atoms with E-state index in [1.54, 1.807) is 12.3 Å². The normalized spacial score (nSPS) is 11.7. The average Bonchev–Trinajstić information content (AvgIpc) is 3.18. The van der Waals surface area contributed by atoms with Crippen LogP contribution in [0.3, 0.4) is 0 Å². The number of hydrogen-bond acceptors (Lipinski definition) is 4. The summed E-state index contributed by atoms with van der Waals surface area (Å²) in [7, 11) is 0. The topological polar surface area (TPSA) is 60.2 Å². The SMILES string of the molecule is Cc1cc(O)c2nc(Oc3[c-]c4c(cc3)c3cc(C(C)(C)C)ccc3n4-c3ccccn3)cc(C)c2c1.[Pt]. The summed E-state index contributed by atoms with van der Waals surface area (Å²) in [5.74, 6) is 1.92. The molecule has 0 amide bonds. The van der Waals surface area contributed by atoms with E-state index < -0.39 is 0 Å². The van der Waals surface area contributed by atoms with Crippen LogP contribution in [-0.2, 0) is 26.5 Å². The van der Waals surface area contributed by atoms with Crippen molar-refractivity contribution in [1.82, 2.24) is 14.5 Å². The second kappa shape index (κ2) is 9.56. The van der Waals surface area contributed by atoms with E-state index in [0.29, 0.717) is 17.1 Å². The van der Waals surface area contributed by atoms with Gasteiger partial charge in [-0.2, -0.15) is 6.07 Å². The Morgan fingerprint density at radius 2 is 1.71 bits per heavy atom. The quantitative estimate of drug-likeness (QED) is 0.193. The van der Waals surface area contributed by atoms with E-state index in [2.05, 4.69) is 65.6 Å². The van der Waals surface area contributed by atoms with Crippen LogP contribution in [0.5, 0.6) is 17.4 Å². The molecule has 38 heavy (non-hydrogen) atoms. The van der Waals surface area contributed by atoms with Crippen LogP contribution < -0.4 is 4.74 Å². The molecule has 194 valence electrons. The standard InChI is InChI=1S/C32H28N3O2.Pt/c1-19-14-24-20(2)16-30(34-31(24)28(36)15-19)37-22-10-11-23-25-17-21(32(3,4)5)9-12-26(25)35(27(23)18-22)29-8-6-7-13-33-29;/h6-17,36H,1-5H3;/q-1;. The number of aryl methyl sites for hydroxylation is 2. The minimum Gasteiger partial charge on any atom is -0.506 e. The molecule has 0 spiro atoms. The first kappa shape index (κ1) is 25.9. The number of hydrogen-bond donors (Lipinski definition) is 1. The van der Waals surface area contributed by atoms with Gasteiger partial charge in [-0.05, 0) is 71.7 Å². The van der Waals surface area contributed by atoms with Crippen molar-refractivity contribution in [1.29, 1.82) is 0 Å². The Morgan fingerprint density at radius 3 is 2.45 bits per heavy atom. The van der Waals surface area contributed by atoms with Crippen molar-refractivity contribution in [2.75, 3.05) is 0 Å². The molecule has 5 nitrogen and oxygen atoms in total. The fraction of sp³-hybridized carbons (Fsp3) is 0.188. The molecule has 0 aliphatic rings. The summed E-state index contributed by atoms with van der Waals surface area (Å²) in [6.45, 7) is 10.6. The first-order chi connectivity index (χ1) is 17.7. The van der Waals surface area contributed by atoms with Crippen molar-refractivity contribution in [2.45, 2.75) is 40.0 Å². The van der Waals surface area contributed by atoms with Gasteiger partial charge < -0.3 is 14.4 Å². The van der Waals surface area contributed by atoms with Gasteiger partial charge in [0, 0.05) is 50.0 Å². The zero-order chi connectivity index (χ0) is 25.9. The van der Waals surface area contributed by atoms with Crippen LogP contribution in [0.1, 0.15) is 37.5 Å². The summed E-state index contributed by atoms with van der Waals surface area (Å²) in [6, 6.07) is 25.6. The Kier molecular flexibility index (Phi) is 6.52. The summed E-state index contributed by atoms with van der Waals surface area (Å²) in [5.41, 5.74) is 5.75. The van der Waals surface area contributed by atoms with E-state index in [4.69, 9.17) is 4.74 Å². The Labute approximate surface area is 236 Å². The predicted octanol–water partition coefficient (Wildman–Crippen LogP) is 7.94. The molecule has 3 aromatic carbocycles. The fourth-order valence-electron chi connectivity index (χ4n) is 4.92. The molecule has 6 heteroatoms. The number of benzene rings is 3. The zero-order valence-electron chi connectivity index (χ0n) is 21.9. The molecule has 3 heterocycles. The molecule has 6 rings (SSSR count). The molecule has 6 aromatic rings. The van der Waals surface area contributed by atoms with E-state index in [0.717, 1.165) is 44.1 Å². The number of rotatable bonds is 3. The van der Waals surface area contributed by atoms with Crippen LogP contribution in [0.4, 0.5) is 0 Å². The first-order valence-corrected chi connectivity index (χ1v) is 12.4.